The van der Waals surface area contributed by atoms with Crippen LogP contribution in [0.3, 0.4) is 0 Å². The molecule has 2 N–H and O–H groups in total. The average molecular weight is 297 g/mol. The predicted octanol–water partition coefficient (Wildman–Crippen LogP) is 1.92. The van der Waals surface area contributed by atoms with E-state index in [4.69, 9.17) is 16.3 Å². The van der Waals surface area contributed by atoms with Crippen molar-refractivity contribution in [1.82, 2.24) is 5.32 Å². The highest BCUT2D eigenvalue weighted by Crippen LogP contribution is 2.24. The molecular formula is C14H17ClN2O3. The summed E-state index contributed by atoms with van der Waals surface area (Å²) in [5.74, 6) is -0.472. The van der Waals surface area contributed by atoms with Crippen molar-refractivity contribution in [2.24, 2.45) is 11.8 Å². The van der Waals surface area contributed by atoms with Crippen molar-refractivity contribution in [3.05, 3.63) is 28.8 Å². The maximum Gasteiger partial charge on any atom is 0.339 e. The minimum atomic E-state index is -0.505. The van der Waals surface area contributed by atoms with Crippen LogP contribution in [0, 0.1) is 11.8 Å². The average Bonchev–Trinajstić information content (AvgIpc) is 2.84. The summed E-state index contributed by atoms with van der Waals surface area (Å²) in [6.07, 6.45) is 0. The fourth-order valence-corrected chi connectivity index (χ4v) is 2.47. The Morgan fingerprint density at radius 2 is 2.15 bits per heavy atom. The smallest absolute Gasteiger partial charge is 0.339 e. The minimum Gasteiger partial charge on any atom is -0.465 e. The number of carbonyl (C=O) groups is 2. The summed E-state index contributed by atoms with van der Waals surface area (Å²) in [7, 11) is 1.30. The second-order valence-electron chi connectivity index (χ2n) is 4.91. The second-order valence-corrected chi connectivity index (χ2v) is 5.35. The van der Waals surface area contributed by atoms with Gasteiger partial charge < -0.3 is 15.4 Å². The van der Waals surface area contributed by atoms with Crippen molar-refractivity contribution in [1.29, 1.82) is 0 Å². The fraction of sp³-hybridized carbons (Fsp3) is 0.429. The lowest BCUT2D eigenvalue weighted by Gasteiger charge is -2.16. The van der Waals surface area contributed by atoms with Crippen molar-refractivity contribution in [3.63, 3.8) is 0 Å². The van der Waals surface area contributed by atoms with Gasteiger partial charge in [-0.3, -0.25) is 4.79 Å². The molecule has 1 aliphatic rings. The van der Waals surface area contributed by atoms with Crippen molar-refractivity contribution in [3.8, 4) is 0 Å². The third-order valence-electron chi connectivity index (χ3n) is 3.50. The third-order valence-corrected chi connectivity index (χ3v) is 3.73. The standard InChI is InChI=1S/C14H17ClN2O3/c1-8-6-16-7-11(8)13(18)17-12-5-9(15)3-4-10(12)14(19)20-2/h3-5,8,11,16H,6-7H2,1-2H3,(H,17,18)/t8-,11-/m1/s1. The topological polar surface area (TPSA) is 67.4 Å². The van der Waals surface area contributed by atoms with Crippen LogP contribution >= 0.6 is 11.6 Å². The normalized spacial score (nSPS) is 21.6. The molecule has 2 rings (SSSR count). The molecule has 0 bridgehead atoms. The molecule has 1 heterocycles. The number of carbonyl (C=O) groups excluding carboxylic acids is 2. The first-order valence-electron chi connectivity index (χ1n) is 6.42. The molecule has 20 heavy (non-hydrogen) atoms. The molecule has 5 nitrogen and oxygen atoms in total. The first-order chi connectivity index (χ1) is 9.52. The van der Waals surface area contributed by atoms with E-state index in [2.05, 4.69) is 10.6 Å². The molecule has 0 unspecified atom stereocenters. The lowest BCUT2D eigenvalue weighted by atomic mass is 9.97. The van der Waals surface area contributed by atoms with Gasteiger partial charge in [0.15, 0.2) is 0 Å². The van der Waals surface area contributed by atoms with Gasteiger partial charge in [0, 0.05) is 11.6 Å². The molecule has 0 radical (unpaired) electrons. The Labute approximate surface area is 122 Å². The summed E-state index contributed by atoms with van der Waals surface area (Å²) in [6.45, 7) is 3.47. The van der Waals surface area contributed by atoms with E-state index in [-0.39, 0.29) is 17.7 Å². The number of anilines is 1. The SMILES string of the molecule is COC(=O)c1ccc(Cl)cc1NC(=O)[C@@H]1CNC[C@H]1C. The van der Waals surface area contributed by atoms with E-state index in [0.29, 0.717) is 22.8 Å². The highest BCUT2D eigenvalue weighted by Gasteiger charge is 2.30. The summed E-state index contributed by atoms with van der Waals surface area (Å²) in [6, 6.07) is 4.68. The van der Waals surface area contributed by atoms with Gasteiger partial charge in [0.2, 0.25) is 5.91 Å². The van der Waals surface area contributed by atoms with Crippen LogP contribution in [0.4, 0.5) is 5.69 Å². The molecule has 1 aliphatic heterocycles. The van der Waals surface area contributed by atoms with Crippen molar-refractivity contribution < 1.29 is 14.3 Å². The number of rotatable bonds is 3. The number of benzene rings is 1. The molecule has 1 aromatic carbocycles. The van der Waals surface area contributed by atoms with Gasteiger partial charge in [-0.1, -0.05) is 18.5 Å². The molecule has 0 spiro atoms. The van der Waals surface area contributed by atoms with Gasteiger partial charge in [-0.15, -0.1) is 0 Å². The van der Waals surface area contributed by atoms with Crippen molar-refractivity contribution in [2.75, 3.05) is 25.5 Å². The summed E-state index contributed by atoms with van der Waals surface area (Å²) in [5.41, 5.74) is 0.678. The summed E-state index contributed by atoms with van der Waals surface area (Å²) in [4.78, 5) is 23.9. The van der Waals surface area contributed by atoms with Gasteiger partial charge in [-0.2, -0.15) is 0 Å². The molecular weight excluding hydrogens is 280 g/mol. The van der Waals surface area contributed by atoms with Crippen LogP contribution in [-0.2, 0) is 9.53 Å². The Bertz CT molecular complexity index is 533. The number of ether oxygens (including phenoxy) is 1. The highest BCUT2D eigenvalue weighted by atomic mass is 35.5. The Morgan fingerprint density at radius 1 is 1.40 bits per heavy atom. The second kappa shape index (κ2) is 6.24. The van der Waals surface area contributed by atoms with Crippen LogP contribution < -0.4 is 10.6 Å². The molecule has 2 atom stereocenters. The Balaban J connectivity index is 2.21. The van der Waals surface area contributed by atoms with Crippen LogP contribution in [0.25, 0.3) is 0 Å². The van der Waals surface area contributed by atoms with Gasteiger partial charge >= 0.3 is 5.97 Å². The lowest BCUT2D eigenvalue weighted by molar-refractivity contribution is -0.120. The predicted molar refractivity (Wildman–Crippen MR) is 76.9 cm³/mol. The van der Waals surface area contributed by atoms with Crippen molar-refractivity contribution in [2.45, 2.75) is 6.92 Å². The van der Waals surface area contributed by atoms with E-state index >= 15 is 0 Å². The highest BCUT2D eigenvalue weighted by molar-refractivity contribution is 6.31. The molecule has 1 aromatic rings. The van der Waals surface area contributed by atoms with Crippen LogP contribution in [-0.4, -0.2) is 32.1 Å². The number of halogens is 1. The van der Waals surface area contributed by atoms with E-state index in [1.807, 2.05) is 6.92 Å². The van der Waals surface area contributed by atoms with Gasteiger partial charge in [0.05, 0.1) is 24.3 Å². The molecule has 1 saturated heterocycles. The van der Waals surface area contributed by atoms with E-state index in [9.17, 15) is 9.59 Å². The number of amides is 1. The van der Waals surface area contributed by atoms with E-state index in [1.165, 1.54) is 7.11 Å². The van der Waals surface area contributed by atoms with Gasteiger partial charge in [-0.25, -0.2) is 4.79 Å². The molecule has 0 aromatic heterocycles. The van der Waals surface area contributed by atoms with E-state index in [1.54, 1.807) is 18.2 Å². The molecule has 0 aliphatic carbocycles. The number of esters is 1. The van der Waals surface area contributed by atoms with Crippen LogP contribution in [0.2, 0.25) is 5.02 Å². The number of methoxy groups -OCH3 is 1. The van der Waals surface area contributed by atoms with Crippen molar-refractivity contribution >= 4 is 29.2 Å². The quantitative estimate of drug-likeness (QED) is 0.836. The van der Waals surface area contributed by atoms with Gasteiger partial charge in [0.1, 0.15) is 0 Å². The largest absolute Gasteiger partial charge is 0.465 e. The summed E-state index contributed by atoms with van der Waals surface area (Å²) < 4.78 is 4.70. The van der Waals surface area contributed by atoms with Crippen LogP contribution in [0.15, 0.2) is 18.2 Å². The molecule has 6 heteroatoms. The zero-order valence-electron chi connectivity index (χ0n) is 11.4. The Morgan fingerprint density at radius 3 is 2.75 bits per heavy atom. The fourth-order valence-electron chi connectivity index (χ4n) is 2.29. The monoisotopic (exact) mass is 296 g/mol. The molecule has 1 amide bonds. The maximum absolute atomic E-state index is 12.3. The zero-order chi connectivity index (χ0) is 14.7. The van der Waals surface area contributed by atoms with E-state index < -0.39 is 5.97 Å². The summed E-state index contributed by atoms with van der Waals surface area (Å²) >= 11 is 5.92. The number of nitrogens with one attached hydrogen (secondary N) is 2. The third kappa shape index (κ3) is 3.11. The van der Waals surface area contributed by atoms with Gasteiger partial charge in [0.25, 0.3) is 0 Å². The molecule has 108 valence electrons. The number of hydrogen-bond acceptors (Lipinski definition) is 4. The Hall–Kier alpha value is -1.59. The Kier molecular flexibility index (Phi) is 4.62. The first-order valence-corrected chi connectivity index (χ1v) is 6.80. The lowest BCUT2D eigenvalue weighted by Crippen LogP contribution is -2.28. The molecule has 1 fully saturated rings. The van der Waals surface area contributed by atoms with Crippen LogP contribution in [0.1, 0.15) is 17.3 Å². The van der Waals surface area contributed by atoms with E-state index in [0.717, 1.165) is 6.54 Å². The zero-order valence-corrected chi connectivity index (χ0v) is 12.2. The van der Waals surface area contributed by atoms with Gasteiger partial charge in [-0.05, 0) is 30.7 Å². The van der Waals surface area contributed by atoms with Crippen LogP contribution in [0.5, 0.6) is 0 Å². The number of hydrogen-bond donors (Lipinski definition) is 2. The minimum absolute atomic E-state index is 0.112. The molecule has 0 saturated carbocycles. The first kappa shape index (κ1) is 14.8. The summed E-state index contributed by atoms with van der Waals surface area (Å²) in [5, 5.41) is 6.39. The maximum atomic E-state index is 12.3.